The number of nitrogens with zero attached hydrogens (tertiary/aromatic N) is 8. The molecule has 0 saturated carbocycles. The summed E-state index contributed by atoms with van der Waals surface area (Å²) in [7, 11) is 6.73. The van der Waals surface area contributed by atoms with Gasteiger partial charge in [0.15, 0.2) is 0 Å². The highest BCUT2D eigenvalue weighted by molar-refractivity contribution is 5.99. The van der Waals surface area contributed by atoms with E-state index in [0.29, 0.717) is 60.5 Å². The zero-order chi connectivity index (χ0) is 86.1. The van der Waals surface area contributed by atoms with Gasteiger partial charge in [-0.25, -0.2) is 14.8 Å². The number of ether oxygens (including phenoxy) is 4. The number of azide groups is 1. The zero-order valence-corrected chi connectivity index (χ0v) is 72.6. The average molecular weight is 1630 g/mol. The number of urea groups is 1. The predicted molar refractivity (Wildman–Crippen MR) is 456 cm³/mol. The number of hydrogen-bond donors (Lipinski definition) is 8. The molecule has 2 aliphatic carbocycles. The maximum Gasteiger partial charge on any atom is 0.312 e. The molecule has 29 heteroatoms. The van der Waals surface area contributed by atoms with E-state index in [-0.39, 0.29) is 125 Å². The molecule has 6 rings (SSSR count). The van der Waals surface area contributed by atoms with Crippen LogP contribution >= 0.6 is 0 Å². The van der Waals surface area contributed by atoms with Crippen molar-refractivity contribution in [3.8, 4) is 0 Å². The molecule has 1 fully saturated rings. The number of benzene rings is 2. The number of nitrogens with two attached hydrogens (primary N) is 1. The average Bonchev–Trinajstić information content (AvgIpc) is 1.15. The molecular weight excluding hydrogens is 1490 g/mol. The highest BCUT2D eigenvalue weighted by Crippen LogP contribution is 2.41. The van der Waals surface area contributed by atoms with Gasteiger partial charge in [-0.15, -0.1) is 0 Å². The lowest BCUT2D eigenvalue weighted by Crippen LogP contribution is -2.60. The minimum Gasteiger partial charge on any atom is -0.379 e. The Morgan fingerprint density at radius 2 is 1.45 bits per heavy atom. The number of primary amides is 1. The van der Waals surface area contributed by atoms with Crippen LogP contribution in [0.15, 0.2) is 95.2 Å². The van der Waals surface area contributed by atoms with Crippen LogP contribution in [0.5, 0.6) is 0 Å². The lowest BCUT2D eigenvalue weighted by atomic mass is 9.71. The van der Waals surface area contributed by atoms with Crippen LogP contribution in [-0.4, -0.2) is 220 Å². The van der Waals surface area contributed by atoms with Crippen molar-refractivity contribution in [3.63, 3.8) is 0 Å². The Kier molecular flexibility index (Phi) is 40.2. The molecule has 3 aliphatic rings. The summed E-state index contributed by atoms with van der Waals surface area (Å²) in [5.74, 6) is -4.19. The van der Waals surface area contributed by atoms with Gasteiger partial charge in [-0.1, -0.05) is 169 Å². The monoisotopic (exact) mass is 1630 g/mol. The Hall–Kier alpha value is -9.12. The number of amides is 10. The molecule has 0 spiro atoms. The lowest BCUT2D eigenvalue weighted by molar-refractivity contribution is -0.148. The van der Waals surface area contributed by atoms with Gasteiger partial charge in [0.2, 0.25) is 41.4 Å². The van der Waals surface area contributed by atoms with Crippen LogP contribution in [0, 0.1) is 40.9 Å². The number of likely N-dealkylation sites (tertiary alicyclic amines) is 1. The van der Waals surface area contributed by atoms with E-state index in [2.05, 4.69) is 110 Å². The maximum atomic E-state index is 14.8. The molecule has 2 unspecified atom stereocenters. The molecule has 2 aromatic carbocycles. The quantitative estimate of drug-likeness (QED) is 0.0113. The number of carbonyl (C=O) groups excluding carboxylic acids is 9. The Balaban J connectivity index is 0.984. The van der Waals surface area contributed by atoms with Crippen molar-refractivity contribution in [2.45, 2.75) is 241 Å². The van der Waals surface area contributed by atoms with Gasteiger partial charge < -0.3 is 71.7 Å². The minimum atomic E-state index is -1.13. The SMILES string of the molecule is CCCCC1(C)Cc2nc3ccc(C(=O)NCCOCCOCCC(=O)N[C@H](C(=O)N[C@@H](CCCNC(N)=O)C(=O)Nc4ccc(C[C@@H](CN=[N+]=[N-])NC(=O)[C@H](C)[C@@H](OC)[C@@H]5CCCN5C(=O)C[C@@H](OC)[C@H]([C@@H](C)CC)N(C)C(=O)[C@@H](NC(=O)[C@H](C(C)C)N(C)CC(C)CCC)C(C)C)cc4)C(C)C)cc3nc2CC2=C/C1=C\C=C/C=C2. The second-order valence-corrected chi connectivity index (χ2v) is 33.3. The highest BCUT2D eigenvalue weighted by Gasteiger charge is 2.44. The molecule has 9 N–H and O–H groups in total. The van der Waals surface area contributed by atoms with Crippen molar-refractivity contribution >= 4 is 70.0 Å². The number of aromatic nitrogens is 2. The van der Waals surface area contributed by atoms with Crippen molar-refractivity contribution in [2.24, 2.45) is 51.8 Å². The molecule has 1 saturated heterocycles. The van der Waals surface area contributed by atoms with E-state index in [1.54, 1.807) is 74.0 Å². The molecule has 29 nitrogen and oxygen atoms in total. The molecule has 3 aromatic rings. The summed E-state index contributed by atoms with van der Waals surface area (Å²) in [4.78, 5) is 143. The van der Waals surface area contributed by atoms with E-state index >= 15 is 0 Å². The van der Waals surface area contributed by atoms with E-state index in [4.69, 9.17) is 34.6 Å². The molecule has 13 atom stereocenters. The third-order valence-corrected chi connectivity index (χ3v) is 22.8. The minimum absolute atomic E-state index is 0.0143. The van der Waals surface area contributed by atoms with Crippen LogP contribution in [0.25, 0.3) is 21.5 Å². The van der Waals surface area contributed by atoms with E-state index in [1.165, 1.54) is 19.8 Å². The Labute approximate surface area is 693 Å². The number of allylic oxidation sites excluding steroid dienone is 8. The largest absolute Gasteiger partial charge is 0.379 e. The molecule has 10 amide bonds. The summed E-state index contributed by atoms with van der Waals surface area (Å²) in [6.45, 7) is 28.0. The molecule has 1 aromatic heterocycles. The van der Waals surface area contributed by atoms with Crippen LogP contribution in [-0.2, 0) is 71.8 Å². The van der Waals surface area contributed by atoms with Gasteiger partial charge in [0.25, 0.3) is 5.91 Å². The van der Waals surface area contributed by atoms with Gasteiger partial charge in [-0.05, 0) is 140 Å². The number of rotatable bonds is 49. The van der Waals surface area contributed by atoms with Crippen LogP contribution in [0.3, 0.4) is 0 Å². The van der Waals surface area contributed by atoms with E-state index in [1.807, 2.05) is 60.7 Å². The summed E-state index contributed by atoms with van der Waals surface area (Å²) in [6, 6.07) is 6.24. The normalized spacial score (nSPS) is 18.8. The van der Waals surface area contributed by atoms with Gasteiger partial charge in [0.05, 0.1) is 91.5 Å². The molecule has 2 bridgehead atoms. The van der Waals surface area contributed by atoms with Gasteiger partial charge in [0, 0.05) is 95.5 Å². The molecule has 1 aliphatic heterocycles. The number of nitrogens with one attached hydrogen (secondary N) is 7. The first-order valence-corrected chi connectivity index (χ1v) is 42.3. The third-order valence-electron chi connectivity index (χ3n) is 22.8. The molecule has 0 radical (unpaired) electrons. The maximum absolute atomic E-state index is 14.8. The highest BCUT2D eigenvalue weighted by atomic mass is 16.5. The first kappa shape index (κ1) is 96.7. The van der Waals surface area contributed by atoms with E-state index in [9.17, 15) is 48.7 Å². The summed E-state index contributed by atoms with van der Waals surface area (Å²) >= 11 is 0. The topological polar surface area (TPSA) is 385 Å². The van der Waals surface area contributed by atoms with Crippen LogP contribution < -0.4 is 43.0 Å². The third kappa shape index (κ3) is 29.4. The Bertz CT molecular complexity index is 3950. The Morgan fingerprint density at radius 3 is 2.10 bits per heavy atom. The van der Waals surface area contributed by atoms with Crippen molar-refractivity contribution in [1.29, 1.82) is 0 Å². The number of anilines is 1. The number of hydrogen-bond acceptors (Lipinski definition) is 17. The second-order valence-electron chi connectivity index (χ2n) is 33.3. The molecule has 117 heavy (non-hydrogen) atoms. The fourth-order valence-corrected chi connectivity index (χ4v) is 16.2. The number of fused-ring (bicyclic) bond motifs is 3. The van der Waals surface area contributed by atoms with Gasteiger partial charge >= 0.3 is 6.03 Å². The van der Waals surface area contributed by atoms with Crippen molar-refractivity contribution in [2.75, 3.05) is 92.8 Å². The van der Waals surface area contributed by atoms with Crippen molar-refractivity contribution < 1.29 is 62.1 Å². The first-order valence-electron chi connectivity index (χ1n) is 42.3. The zero-order valence-electron chi connectivity index (χ0n) is 72.6. The summed E-state index contributed by atoms with van der Waals surface area (Å²) in [5, 5.41) is 23.9. The number of unbranched alkanes of at least 4 members (excludes halogenated alkanes) is 1. The molecule has 646 valence electrons. The van der Waals surface area contributed by atoms with Crippen LogP contribution in [0.1, 0.15) is 194 Å². The first-order chi connectivity index (χ1) is 55.8. The van der Waals surface area contributed by atoms with Crippen molar-refractivity contribution in [3.05, 3.63) is 123 Å². The second kappa shape index (κ2) is 48.7. The fraction of sp³-hybridized carbons (Fsp3) is 0.648. The van der Waals surface area contributed by atoms with E-state index < -0.39 is 96.0 Å². The lowest BCUT2D eigenvalue weighted by Gasteiger charge is -2.41. The fourth-order valence-electron chi connectivity index (χ4n) is 16.2. The van der Waals surface area contributed by atoms with Crippen molar-refractivity contribution in [1.82, 2.24) is 56.6 Å². The predicted octanol–water partition coefficient (Wildman–Crippen LogP) is 10.6. The number of likely N-dealkylation sites (N-methyl/N-ethyl adjacent to an activating group) is 2. The molecule has 2 heterocycles. The Morgan fingerprint density at radius 1 is 0.744 bits per heavy atom. The van der Waals surface area contributed by atoms with Crippen LogP contribution in [0.4, 0.5) is 10.5 Å². The van der Waals surface area contributed by atoms with Crippen LogP contribution in [0.2, 0.25) is 0 Å². The summed E-state index contributed by atoms with van der Waals surface area (Å²) < 4.78 is 23.7. The van der Waals surface area contributed by atoms with Gasteiger partial charge in [-0.2, -0.15) is 0 Å². The smallest absolute Gasteiger partial charge is 0.312 e. The summed E-state index contributed by atoms with van der Waals surface area (Å²) in [6.07, 6.45) is 20.4. The molecular formula is C88H136N16O13. The number of carbonyl (C=O) groups is 9. The summed E-state index contributed by atoms with van der Waals surface area (Å²) in [5.41, 5.74) is 21.9. The van der Waals surface area contributed by atoms with Gasteiger partial charge in [0.1, 0.15) is 18.1 Å². The van der Waals surface area contributed by atoms with E-state index in [0.717, 1.165) is 67.5 Å². The number of methoxy groups -OCH3 is 2. The van der Waals surface area contributed by atoms with Gasteiger partial charge in [-0.3, -0.25) is 43.3 Å². The standard InChI is InChI=1S/C88H136N16O13/c1-18-21-39-88(13)52-71-69(49-62-28-23-22-24-29-64(88)47-62)97-70-50-63(34-37-67(70)96-71)82(108)91-41-44-117-46-45-116-43-38-74(105)99-76(55(4)5)84(110)98-68(30-25-40-92-87(89)113)83(109)94-65-35-32-61(33-36-65)48-66(53-93-101-90)95-81(107)60(12)80(115-17)72-31-26-42-104(72)75(106)51-73(114-16)79(59(11)20-3)103(15)86(112)77(56(6)7)100-85(111)78(57(8)9)102(14)54-58(10)27-19-2/h22-24,28-29,32-37,47,50,55-60,66,68,72-73,76-80H,18-21,25-27,30-31,38-46,48-49,51-54H2,1-17H3,(H,91,108)(H,94,109)(H,95,107)(H,98,110)(H,99,105)(H,100,111)(H3,89,92,113)/b23-22?,24-22-,28-23?,29-24?,62-28?,62-47?,64-29+,64-47?/t58?,59-,60+,66-,68-,72-,73+,76-,77-,78-,79-,80+,88?/m0/s1.